The van der Waals surface area contributed by atoms with Crippen LogP contribution < -0.4 is 4.72 Å². The van der Waals surface area contributed by atoms with E-state index in [1.54, 1.807) is 31.2 Å². The number of amides is 1. The molecule has 0 bridgehead atoms. The second-order valence-corrected chi connectivity index (χ2v) is 10.6. The van der Waals surface area contributed by atoms with Crippen LogP contribution >= 0.6 is 23.2 Å². The van der Waals surface area contributed by atoms with E-state index in [1.165, 1.54) is 18.2 Å². The lowest BCUT2D eigenvalue weighted by atomic mass is 9.86. The number of alkyl halides is 3. The van der Waals surface area contributed by atoms with Gasteiger partial charge in [-0.15, -0.1) is 0 Å². The maximum absolute atomic E-state index is 14.2. The van der Waals surface area contributed by atoms with Crippen molar-refractivity contribution < 1.29 is 31.4 Å². The topological polar surface area (TPSA) is 91.5 Å². The SMILES string of the molecule is Cc1cc(C2=NOC(c3cc(Cl)c(F)c(Cl)c3)(C(F)(F)F)C2)ccc1C(=O)NS(=O)Cc1cccc(C#N)c1. The van der Waals surface area contributed by atoms with E-state index in [4.69, 9.17) is 33.3 Å². The molecule has 0 aliphatic carbocycles. The number of oxime groups is 1. The van der Waals surface area contributed by atoms with Gasteiger partial charge < -0.3 is 4.84 Å². The van der Waals surface area contributed by atoms with E-state index in [1.807, 2.05) is 6.07 Å². The monoisotopic (exact) mass is 597 g/mol. The number of carbonyl (C=O) groups excluding carboxylic acids is 1. The van der Waals surface area contributed by atoms with Gasteiger partial charge in [-0.2, -0.15) is 18.4 Å². The molecular formula is C26H17Cl2F4N3O3S. The highest BCUT2D eigenvalue weighted by molar-refractivity contribution is 7.82. The maximum Gasteiger partial charge on any atom is 0.435 e. The van der Waals surface area contributed by atoms with Gasteiger partial charge in [-0.1, -0.05) is 46.6 Å². The molecule has 0 spiro atoms. The summed E-state index contributed by atoms with van der Waals surface area (Å²) in [5.74, 6) is -1.73. The first kappa shape index (κ1) is 28.5. The van der Waals surface area contributed by atoms with Gasteiger partial charge >= 0.3 is 6.18 Å². The summed E-state index contributed by atoms with van der Waals surface area (Å²) in [6, 6.07) is 14.2. The van der Waals surface area contributed by atoms with Crippen molar-refractivity contribution in [1.82, 2.24) is 4.72 Å². The molecule has 0 radical (unpaired) electrons. The highest BCUT2D eigenvalue weighted by atomic mass is 35.5. The van der Waals surface area contributed by atoms with Crippen LogP contribution in [0.2, 0.25) is 10.0 Å². The lowest BCUT2D eigenvalue weighted by Gasteiger charge is -2.29. The molecule has 0 aromatic heterocycles. The summed E-state index contributed by atoms with van der Waals surface area (Å²) in [5.41, 5.74) is -1.76. The van der Waals surface area contributed by atoms with Crippen LogP contribution in [-0.4, -0.2) is 22.0 Å². The van der Waals surface area contributed by atoms with Gasteiger partial charge in [-0.25, -0.2) is 8.60 Å². The van der Waals surface area contributed by atoms with Crippen molar-refractivity contribution in [1.29, 1.82) is 5.26 Å². The molecule has 1 aliphatic heterocycles. The smallest absolute Gasteiger partial charge is 0.374 e. The zero-order chi connectivity index (χ0) is 28.5. The minimum atomic E-state index is -4.96. The number of nitrogens with one attached hydrogen (secondary N) is 1. The van der Waals surface area contributed by atoms with Crippen LogP contribution in [0.4, 0.5) is 17.6 Å². The van der Waals surface area contributed by atoms with E-state index in [2.05, 4.69) is 9.88 Å². The molecule has 6 nitrogen and oxygen atoms in total. The minimum absolute atomic E-state index is 0.0243. The van der Waals surface area contributed by atoms with E-state index in [0.29, 0.717) is 16.7 Å². The Hall–Kier alpha value is -3.46. The first-order valence-electron chi connectivity index (χ1n) is 11.1. The van der Waals surface area contributed by atoms with Crippen molar-refractivity contribution in [2.75, 3.05) is 0 Å². The fraction of sp³-hybridized carbons (Fsp3) is 0.192. The maximum atomic E-state index is 14.2. The number of hydrogen-bond acceptors (Lipinski definition) is 5. The van der Waals surface area contributed by atoms with E-state index >= 15 is 0 Å². The summed E-state index contributed by atoms with van der Waals surface area (Å²) in [6.07, 6.45) is -5.72. The molecule has 2 atom stereocenters. The molecule has 3 aromatic carbocycles. The molecule has 39 heavy (non-hydrogen) atoms. The van der Waals surface area contributed by atoms with Gasteiger partial charge in [0.1, 0.15) is 11.0 Å². The fourth-order valence-corrected chi connectivity index (χ4v) is 5.38. The second kappa shape index (κ2) is 11.0. The van der Waals surface area contributed by atoms with E-state index in [0.717, 1.165) is 12.1 Å². The van der Waals surface area contributed by atoms with E-state index in [-0.39, 0.29) is 22.6 Å². The summed E-state index contributed by atoms with van der Waals surface area (Å²) < 4.78 is 71.4. The molecule has 1 heterocycles. The summed E-state index contributed by atoms with van der Waals surface area (Å²) in [4.78, 5) is 17.7. The number of benzene rings is 3. The highest BCUT2D eigenvalue weighted by Crippen LogP contribution is 2.50. The van der Waals surface area contributed by atoms with Gasteiger partial charge in [0.25, 0.3) is 11.5 Å². The standard InChI is InChI=1S/C26H17Cl2F4N3O3S/c1-14-7-17(5-6-19(14)24(36)35-39(37)13-16-4-2-3-15(8-16)12-33)22-11-25(38-34-22,26(30,31)32)18-9-20(27)23(29)21(28)10-18/h2-10H,11,13H2,1H3,(H,35,36). The Morgan fingerprint density at radius 1 is 1.18 bits per heavy atom. The van der Waals surface area contributed by atoms with Crippen LogP contribution in [0.5, 0.6) is 0 Å². The molecule has 1 amide bonds. The Morgan fingerprint density at radius 3 is 2.49 bits per heavy atom. The normalized spacial score (nSPS) is 17.6. The third-order valence-electron chi connectivity index (χ3n) is 6.00. The predicted octanol–water partition coefficient (Wildman–Crippen LogP) is 6.49. The molecule has 1 aliphatic rings. The summed E-state index contributed by atoms with van der Waals surface area (Å²) >= 11 is 11.5. The largest absolute Gasteiger partial charge is 0.435 e. The quantitative estimate of drug-likeness (QED) is 0.260. The van der Waals surface area contributed by atoms with Gasteiger partial charge in [-0.05, 0) is 60.0 Å². The van der Waals surface area contributed by atoms with Crippen molar-refractivity contribution in [2.24, 2.45) is 5.16 Å². The molecule has 2 unspecified atom stereocenters. The number of halogens is 6. The summed E-state index contributed by atoms with van der Waals surface area (Å²) in [7, 11) is -1.80. The van der Waals surface area contributed by atoms with Crippen LogP contribution in [0.1, 0.15) is 44.6 Å². The Bertz CT molecular complexity index is 1550. The number of nitrogens with zero attached hydrogens (tertiary/aromatic N) is 2. The highest BCUT2D eigenvalue weighted by Gasteiger charge is 2.62. The molecule has 202 valence electrons. The van der Waals surface area contributed by atoms with Crippen LogP contribution in [0.25, 0.3) is 0 Å². The Morgan fingerprint density at radius 2 is 1.87 bits per heavy atom. The van der Waals surface area contributed by atoms with E-state index in [9.17, 15) is 26.6 Å². The number of aryl methyl sites for hydroxylation is 1. The molecular weight excluding hydrogens is 581 g/mol. The van der Waals surface area contributed by atoms with Crippen LogP contribution in [-0.2, 0) is 27.2 Å². The van der Waals surface area contributed by atoms with Crippen molar-refractivity contribution in [3.8, 4) is 6.07 Å². The van der Waals surface area contributed by atoms with Gasteiger partial charge in [0.2, 0.25) is 0 Å². The molecule has 3 aromatic rings. The molecule has 0 saturated carbocycles. The predicted molar refractivity (Wildman–Crippen MR) is 138 cm³/mol. The third kappa shape index (κ3) is 5.78. The first-order chi connectivity index (χ1) is 18.3. The van der Waals surface area contributed by atoms with Gasteiger partial charge in [0.15, 0.2) is 5.82 Å². The van der Waals surface area contributed by atoms with Crippen molar-refractivity contribution in [2.45, 2.75) is 30.9 Å². The molecule has 13 heteroatoms. The van der Waals surface area contributed by atoms with Crippen molar-refractivity contribution in [3.05, 3.63) is 104 Å². The first-order valence-corrected chi connectivity index (χ1v) is 13.2. The average molecular weight is 598 g/mol. The zero-order valence-corrected chi connectivity index (χ0v) is 22.2. The Labute approximate surface area is 232 Å². The van der Waals surface area contributed by atoms with E-state index < -0.39 is 56.5 Å². The van der Waals surface area contributed by atoms with Gasteiger partial charge in [-0.3, -0.25) is 9.52 Å². The average Bonchev–Trinajstić information content (AvgIpc) is 3.34. The summed E-state index contributed by atoms with van der Waals surface area (Å²) in [5, 5.41) is 11.4. The fourth-order valence-electron chi connectivity index (χ4n) is 4.02. The third-order valence-corrected chi connectivity index (χ3v) is 7.56. The summed E-state index contributed by atoms with van der Waals surface area (Å²) in [6.45, 7) is 1.56. The second-order valence-electron chi connectivity index (χ2n) is 8.65. The molecule has 4 rings (SSSR count). The van der Waals surface area contributed by atoms with Crippen molar-refractivity contribution >= 4 is 45.8 Å². The number of hydrogen-bond donors (Lipinski definition) is 1. The van der Waals surface area contributed by atoms with Crippen LogP contribution in [0, 0.1) is 24.1 Å². The number of nitriles is 1. The lowest BCUT2D eigenvalue weighted by Crippen LogP contribution is -2.42. The molecule has 0 saturated heterocycles. The van der Waals surface area contributed by atoms with Gasteiger partial charge in [0, 0.05) is 17.5 Å². The number of carbonyl (C=O) groups is 1. The molecule has 0 fully saturated rings. The lowest BCUT2D eigenvalue weighted by molar-refractivity contribution is -0.275. The number of rotatable bonds is 6. The van der Waals surface area contributed by atoms with Gasteiger partial charge in [0.05, 0.1) is 33.1 Å². The van der Waals surface area contributed by atoms with Crippen LogP contribution in [0.3, 0.4) is 0 Å². The Balaban J connectivity index is 1.52. The van der Waals surface area contributed by atoms with Crippen molar-refractivity contribution in [3.63, 3.8) is 0 Å². The van der Waals surface area contributed by atoms with Crippen LogP contribution in [0.15, 0.2) is 59.8 Å². The molecule has 1 N–H and O–H groups in total. The Kier molecular flexibility index (Phi) is 8.02. The minimum Gasteiger partial charge on any atom is -0.374 e. The zero-order valence-electron chi connectivity index (χ0n) is 19.9.